The highest BCUT2D eigenvalue weighted by Gasteiger charge is 2.07. The van der Waals surface area contributed by atoms with E-state index in [2.05, 4.69) is 5.32 Å². The SMILES string of the molecule is CC(O)C(C)Nc1ccc(F)cc1. The Morgan fingerprint density at radius 2 is 1.77 bits per heavy atom. The molecule has 0 aliphatic rings. The highest BCUT2D eigenvalue weighted by molar-refractivity contribution is 5.43. The molecule has 0 heterocycles. The first-order valence-corrected chi connectivity index (χ1v) is 4.30. The molecule has 72 valence electrons. The predicted molar refractivity (Wildman–Crippen MR) is 51.2 cm³/mol. The lowest BCUT2D eigenvalue weighted by Crippen LogP contribution is -2.27. The Bertz CT molecular complexity index is 258. The van der Waals surface area contributed by atoms with E-state index >= 15 is 0 Å². The third-order valence-corrected chi connectivity index (χ3v) is 1.96. The molecule has 0 aliphatic heterocycles. The van der Waals surface area contributed by atoms with Crippen LogP contribution in [-0.2, 0) is 0 Å². The van der Waals surface area contributed by atoms with E-state index < -0.39 is 6.10 Å². The van der Waals surface area contributed by atoms with Crippen LogP contribution in [0, 0.1) is 5.82 Å². The van der Waals surface area contributed by atoms with Gasteiger partial charge >= 0.3 is 0 Å². The van der Waals surface area contributed by atoms with Gasteiger partial charge in [0.05, 0.1) is 6.10 Å². The first-order valence-electron chi connectivity index (χ1n) is 4.30. The standard InChI is InChI=1S/C10H14FNO/c1-7(8(2)13)12-10-5-3-9(11)4-6-10/h3-8,12-13H,1-2H3. The van der Waals surface area contributed by atoms with Gasteiger partial charge in [-0.15, -0.1) is 0 Å². The quantitative estimate of drug-likeness (QED) is 0.751. The first-order chi connectivity index (χ1) is 6.09. The van der Waals surface area contributed by atoms with Gasteiger partial charge in [0.25, 0.3) is 0 Å². The highest BCUT2D eigenvalue weighted by atomic mass is 19.1. The minimum atomic E-state index is -0.426. The lowest BCUT2D eigenvalue weighted by Gasteiger charge is -2.17. The Morgan fingerprint density at radius 1 is 1.23 bits per heavy atom. The minimum Gasteiger partial charge on any atom is -0.391 e. The van der Waals surface area contributed by atoms with Gasteiger partial charge in [-0.2, -0.15) is 0 Å². The molecular formula is C10H14FNO. The summed E-state index contributed by atoms with van der Waals surface area (Å²) in [7, 11) is 0. The van der Waals surface area contributed by atoms with E-state index in [0.29, 0.717) is 0 Å². The molecule has 2 nitrogen and oxygen atoms in total. The van der Waals surface area contributed by atoms with Gasteiger partial charge in [0.2, 0.25) is 0 Å². The first kappa shape index (κ1) is 9.99. The van der Waals surface area contributed by atoms with Gasteiger partial charge in [-0.3, -0.25) is 0 Å². The van der Waals surface area contributed by atoms with Crippen molar-refractivity contribution in [1.82, 2.24) is 0 Å². The van der Waals surface area contributed by atoms with Crippen LogP contribution in [0.25, 0.3) is 0 Å². The van der Waals surface area contributed by atoms with E-state index in [1.54, 1.807) is 19.1 Å². The summed E-state index contributed by atoms with van der Waals surface area (Å²) in [5, 5.41) is 12.3. The number of hydrogen-bond acceptors (Lipinski definition) is 2. The molecular weight excluding hydrogens is 169 g/mol. The monoisotopic (exact) mass is 183 g/mol. The Labute approximate surface area is 77.4 Å². The summed E-state index contributed by atoms with van der Waals surface area (Å²) in [4.78, 5) is 0. The minimum absolute atomic E-state index is 0.0366. The summed E-state index contributed by atoms with van der Waals surface area (Å²) in [5.41, 5.74) is 0.815. The summed E-state index contributed by atoms with van der Waals surface area (Å²) < 4.78 is 12.5. The maximum atomic E-state index is 12.5. The third-order valence-electron chi connectivity index (χ3n) is 1.96. The molecule has 0 aliphatic carbocycles. The van der Waals surface area contributed by atoms with Crippen molar-refractivity contribution in [3.63, 3.8) is 0 Å². The van der Waals surface area contributed by atoms with Crippen molar-refractivity contribution in [2.24, 2.45) is 0 Å². The molecule has 3 heteroatoms. The Balaban J connectivity index is 2.59. The Hall–Kier alpha value is -1.09. The maximum absolute atomic E-state index is 12.5. The van der Waals surface area contributed by atoms with Crippen molar-refractivity contribution in [1.29, 1.82) is 0 Å². The molecule has 0 spiro atoms. The average Bonchev–Trinajstić information content (AvgIpc) is 2.08. The number of hydrogen-bond donors (Lipinski definition) is 2. The van der Waals surface area contributed by atoms with Gasteiger partial charge in [0, 0.05) is 11.7 Å². The largest absolute Gasteiger partial charge is 0.391 e. The molecule has 2 N–H and O–H groups in total. The smallest absolute Gasteiger partial charge is 0.123 e. The van der Waals surface area contributed by atoms with Gasteiger partial charge < -0.3 is 10.4 Å². The Kier molecular flexibility index (Phi) is 3.25. The number of rotatable bonds is 3. The lowest BCUT2D eigenvalue weighted by molar-refractivity contribution is 0.178. The molecule has 1 rings (SSSR count). The topological polar surface area (TPSA) is 32.3 Å². The molecule has 0 bridgehead atoms. The van der Waals surface area contributed by atoms with Crippen LogP contribution in [0.5, 0.6) is 0 Å². The summed E-state index contributed by atoms with van der Waals surface area (Å²) in [5.74, 6) is -0.254. The van der Waals surface area contributed by atoms with E-state index in [0.717, 1.165) is 5.69 Å². The summed E-state index contributed by atoms with van der Waals surface area (Å²) in [6.45, 7) is 3.58. The zero-order valence-corrected chi connectivity index (χ0v) is 7.79. The van der Waals surface area contributed by atoms with Crippen molar-refractivity contribution < 1.29 is 9.50 Å². The lowest BCUT2D eigenvalue weighted by atomic mass is 10.2. The van der Waals surface area contributed by atoms with Crippen molar-refractivity contribution >= 4 is 5.69 Å². The van der Waals surface area contributed by atoms with Crippen LogP contribution in [0.1, 0.15) is 13.8 Å². The number of anilines is 1. The second-order valence-electron chi connectivity index (χ2n) is 3.18. The third kappa shape index (κ3) is 3.03. The van der Waals surface area contributed by atoms with Gasteiger partial charge in [0.15, 0.2) is 0 Å². The molecule has 0 amide bonds. The summed E-state index contributed by atoms with van der Waals surface area (Å²) >= 11 is 0. The van der Waals surface area contributed by atoms with Crippen molar-refractivity contribution in [3.8, 4) is 0 Å². The van der Waals surface area contributed by atoms with Crippen LogP contribution in [0.2, 0.25) is 0 Å². The van der Waals surface area contributed by atoms with Crippen molar-refractivity contribution in [3.05, 3.63) is 30.1 Å². The fraction of sp³-hybridized carbons (Fsp3) is 0.400. The van der Waals surface area contributed by atoms with Crippen LogP contribution in [0.4, 0.5) is 10.1 Å². The van der Waals surface area contributed by atoms with Gasteiger partial charge in [-0.05, 0) is 38.1 Å². The summed E-state index contributed by atoms with van der Waals surface area (Å²) in [6.07, 6.45) is -0.426. The van der Waals surface area contributed by atoms with E-state index in [-0.39, 0.29) is 11.9 Å². The molecule has 0 fully saturated rings. The Morgan fingerprint density at radius 3 is 2.23 bits per heavy atom. The number of benzene rings is 1. The van der Waals surface area contributed by atoms with Crippen molar-refractivity contribution in [2.45, 2.75) is 26.0 Å². The molecule has 1 aromatic rings. The van der Waals surface area contributed by atoms with E-state index in [1.165, 1.54) is 12.1 Å². The average molecular weight is 183 g/mol. The zero-order valence-electron chi connectivity index (χ0n) is 7.79. The summed E-state index contributed by atoms with van der Waals surface area (Å²) in [6, 6.07) is 6.03. The van der Waals surface area contributed by atoms with Gasteiger partial charge in [-0.25, -0.2) is 4.39 Å². The zero-order chi connectivity index (χ0) is 9.84. The van der Waals surface area contributed by atoms with E-state index in [9.17, 15) is 9.50 Å². The predicted octanol–water partition coefficient (Wildman–Crippen LogP) is 2.01. The molecule has 0 aromatic heterocycles. The highest BCUT2D eigenvalue weighted by Crippen LogP contribution is 2.10. The van der Waals surface area contributed by atoms with Crippen LogP contribution >= 0.6 is 0 Å². The number of aliphatic hydroxyl groups is 1. The van der Waals surface area contributed by atoms with Crippen LogP contribution in [-0.4, -0.2) is 17.3 Å². The van der Waals surface area contributed by atoms with Crippen LogP contribution in [0.15, 0.2) is 24.3 Å². The van der Waals surface area contributed by atoms with Gasteiger partial charge in [0.1, 0.15) is 5.82 Å². The second kappa shape index (κ2) is 4.23. The fourth-order valence-electron chi connectivity index (χ4n) is 0.930. The molecule has 2 unspecified atom stereocenters. The van der Waals surface area contributed by atoms with Gasteiger partial charge in [-0.1, -0.05) is 0 Å². The second-order valence-corrected chi connectivity index (χ2v) is 3.18. The molecule has 0 radical (unpaired) electrons. The number of halogens is 1. The molecule has 0 saturated heterocycles. The van der Waals surface area contributed by atoms with Crippen LogP contribution in [0.3, 0.4) is 0 Å². The fourth-order valence-corrected chi connectivity index (χ4v) is 0.930. The normalized spacial score (nSPS) is 15.1. The van der Waals surface area contributed by atoms with Crippen molar-refractivity contribution in [2.75, 3.05) is 5.32 Å². The number of nitrogens with one attached hydrogen (secondary N) is 1. The maximum Gasteiger partial charge on any atom is 0.123 e. The molecule has 0 saturated carbocycles. The molecule has 13 heavy (non-hydrogen) atoms. The molecule has 2 atom stereocenters. The van der Waals surface area contributed by atoms with Crippen LogP contribution < -0.4 is 5.32 Å². The van der Waals surface area contributed by atoms with E-state index in [1.807, 2.05) is 6.92 Å². The number of aliphatic hydroxyl groups excluding tert-OH is 1. The van der Waals surface area contributed by atoms with E-state index in [4.69, 9.17) is 0 Å². The molecule has 1 aromatic carbocycles.